The van der Waals surface area contributed by atoms with Gasteiger partial charge in [-0.3, -0.25) is 4.90 Å². The van der Waals surface area contributed by atoms with E-state index in [9.17, 15) is 4.79 Å². The van der Waals surface area contributed by atoms with Crippen LogP contribution in [0, 0.1) is 0 Å². The van der Waals surface area contributed by atoms with E-state index in [1.165, 1.54) is 0 Å². The average molecular weight is 433 g/mol. The molecule has 3 aromatic carbocycles. The van der Waals surface area contributed by atoms with Gasteiger partial charge in [-0.2, -0.15) is 0 Å². The molecule has 0 fully saturated rings. The van der Waals surface area contributed by atoms with Gasteiger partial charge in [0, 0.05) is 22.8 Å². The van der Waals surface area contributed by atoms with Crippen LogP contribution in [0.25, 0.3) is 6.08 Å². The van der Waals surface area contributed by atoms with Crippen LogP contribution in [0.5, 0.6) is 5.75 Å². The van der Waals surface area contributed by atoms with E-state index < -0.39 is 0 Å². The van der Waals surface area contributed by atoms with Crippen molar-refractivity contribution in [3.8, 4) is 5.75 Å². The number of hydrogen-bond acceptors (Lipinski definition) is 3. The van der Waals surface area contributed by atoms with Crippen LogP contribution in [0.2, 0.25) is 0 Å². The summed E-state index contributed by atoms with van der Waals surface area (Å²) in [4.78, 5) is 16.1. The van der Waals surface area contributed by atoms with Crippen molar-refractivity contribution in [1.29, 1.82) is 0 Å². The minimum atomic E-state index is -0.179. The van der Waals surface area contributed by atoms with Crippen molar-refractivity contribution >= 4 is 35.2 Å². The number of urea groups is 1. The van der Waals surface area contributed by atoms with Crippen LogP contribution in [-0.2, 0) is 0 Å². The van der Waals surface area contributed by atoms with Gasteiger partial charge in [-0.05, 0) is 74.2 Å². The molecule has 0 aromatic heterocycles. The standard InChI is InChI=1S/C26H28N2O2S/c1-4-30-24-14-12-23(13-15-24)28(19-20(2)18-21-8-6-5-7-9-21)26(29)27-22-10-16-25(31-3)17-11-22/h5-18H,4,19H2,1-3H3,(H,27,29)/b20-18+. The number of carbonyl (C=O) groups is 1. The Bertz CT molecular complexity index is 1000. The number of nitrogens with one attached hydrogen (secondary N) is 1. The first kappa shape index (κ1) is 22.5. The molecule has 0 radical (unpaired) electrons. The maximum atomic E-state index is 13.2. The quantitative estimate of drug-likeness (QED) is 0.392. The smallest absolute Gasteiger partial charge is 0.326 e. The van der Waals surface area contributed by atoms with Crippen molar-refractivity contribution in [3.63, 3.8) is 0 Å². The number of anilines is 2. The summed E-state index contributed by atoms with van der Waals surface area (Å²) in [5.74, 6) is 0.788. The Kier molecular flexibility index (Phi) is 8.19. The summed E-state index contributed by atoms with van der Waals surface area (Å²) in [6, 6.07) is 25.4. The molecular weight excluding hydrogens is 404 g/mol. The zero-order valence-electron chi connectivity index (χ0n) is 18.2. The molecule has 0 bridgehead atoms. The fraction of sp³-hybridized carbons (Fsp3) is 0.192. The Hall–Kier alpha value is -3.18. The van der Waals surface area contributed by atoms with Gasteiger partial charge in [0.1, 0.15) is 5.75 Å². The highest BCUT2D eigenvalue weighted by molar-refractivity contribution is 7.98. The van der Waals surface area contributed by atoms with E-state index in [4.69, 9.17) is 4.74 Å². The van der Waals surface area contributed by atoms with Crippen molar-refractivity contribution in [2.24, 2.45) is 0 Å². The molecule has 0 spiro atoms. The van der Waals surface area contributed by atoms with Gasteiger partial charge in [0.2, 0.25) is 0 Å². The monoisotopic (exact) mass is 432 g/mol. The van der Waals surface area contributed by atoms with E-state index in [0.717, 1.165) is 33.2 Å². The highest BCUT2D eigenvalue weighted by atomic mass is 32.2. The molecule has 0 saturated heterocycles. The minimum Gasteiger partial charge on any atom is -0.494 e. The molecular formula is C26H28N2O2S. The highest BCUT2D eigenvalue weighted by Crippen LogP contribution is 2.23. The SMILES string of the molecule is CCOc1ccc(N(C/C(C)=C/c2ccccc2)C(=O)Nc2ccc(SC)cc2)cc1. The number of nitrogens with zero attached hydrogens (tertiary/aromatic N) is 1. The predicted molar refractivity (Wildman–Crippen MR) is 132 cm³/mol. The van der Waals surface area contributed by atoms with Crippen LogP contribution >= 0.6 is 11.8 Å². The van der Waals surface area contributed by atoms with E-state index in [1.54, 1.807) is 16.7 Å². The van der Waals surface area contributed by atoms with E-state index >= 15 is 0 Å². The Morgan fingerprint density at radius 1 is 1.00 bits per heavy atom. The molecule has 0 heterocycles. The fourth-order valence-corrected chi connectivity index (χ4v) is 3.57. The normalized spacial score (nSPS) is 11.1. The second-order valence-electron chi connectivity index (χ2n) is 7.07. The maximum absolute atomic E-state index is 13.2. The number of thioether (sulfide) groups is 1. The molecule has 1 N–H and O–H groups in total. The molecule has 0 atom stereocenters. The molecule has 160 valence electrons. The Balaban J connectivity index is 1.83. The first-order chi connectivity index (χ1) is 15.1. The highest BCUT2D eigenvalue weighted by Gasteiger charge is 2.17. The van der Waals surface area contributed by atoms with Gasteiger partial charge in [0.15, 0.2) is 0 Å². The van der Waals surface area contributed by atoms with Gasteiger partial charge in [-0.25, -0.2) is 4.79 Å². The Morgan fingerprint density at radius 2 is 1.68 bits per heavy atom. The van der Waals surface area contributed by atoms with Crippen molar-refractivity contribution in [2.45, 2.75) is 18.7 Å². The lowest BCUT2D eigenvalue weighted by molar-refractivity contribution is 0.257. The molecule has 3 aromatic rings. The summed E-state index contributed by atoms with van der Waals surface area (Å²) in [5.41, 5.74) is 3.76. The summed E-state index contributed by atoms with van der Waals surface area (Å²) in [5, 5.41) is 3.02. The Morgan fingerprint density at radius 3 is 2.29 bits per heavy atom. The number of ether oxygens (including phenoxy) is 1. The molecule has 31 heavy (non-hydrogen) atoms. The number of amides is 2. The maximum Gasteiger partial charge on any atom is 0.326 e. The van der Waals surface area contributed by atoms with Crippen LogP contribution in [0.4, 0.5) is 16.2 Å². The zero-order chi connectivity index (χ0) is 22.1. The minimum absolute atomic E-state index is 0.179. The van der Waals surface area contributed by atoms with Crippen molar-refractivity contribution in [2.75, 3.05) is 29.6 Å². The van der Waals surface area contributed by atoms with E-state index in [2.05, 4.69) is 23.5 Å². The van der Waals surface area contributed by atoms with Crippen molar-refractivity contribution in [1.82, 2.24) is 0 Å². The fourth-order valence-electron chi connectivity index (χ4n) is 3.16. The van der Waals surface area contributed by atoms with Crippen LogP contribution in [0.3, 0.4) is 0 Å². The molecule has 0 saturated carbocycles. The summed E-state index contributed by atoms with van der Waals surface area (Å²) < 4.78 is 5.55. The van der Waals surface area contributed by atoms with Crippen LogP contribution < -0.4 is 15.0 Å². The first-order valence-electron chi connectivity index (χ1n) is 10.3. The second-order valence-corrected chi connectivity index (χ2v) is 7.95. The van der Waals surface area contributed by atoms with Gasteiger partial charge >= 0.3 is 6.03 Å². The van der Waals surface area contributed by atoms with E-state index in [1.807, 2.05) is 86.8 Å². The first-order valence-corrected chi connectivity index (χ1v) is 11.5. The summed E-state index contributed by atoms with van der Waals surface area (Å²) in [6.07, 6.45) is 4.13. The van der Waals surface area contributed by atoms with Gasteiger partial charge in [0.25, 0.3) is 0 Å². The topological polar surface area (TPSA) is 41.6 Å². The molecule has 5 heteroatoms. The van der Waals surface area contributed by atoms with Crippen molar-refractivity contribution in [3.05, 3.63) is 90.0 Å². The summed E-state index contributed by atoms with van der Waals surface area (Å²) in [6.45, 7) is 5.06. The molecule has 0 aliphatic heterocycles. The molecule has 2 amide bonds. The Labute approximate surface area is 188 Å². The number of hydrogen-bond donors (Lipinski definition) is 1. The molecule has 0 aliphatic carbocycles. The van der Waals surface area contributed by atoms with Gasteiger partial charge in [-0.1, -0.05) is 42.0 Å². The third-order valence-corrected chi connectivity index (χ3v) is 5.41. The number of benzene rings is 3. The lowest BCUT2D eigenvalue weighted by Gasteiger charge is -2.24. The lowest BCUT2D eigenvalue weighted by Crippen LogP contribution is -2.36. The zero-order valence-corrected chi connectivity index (χ0v) is 19.0. The average Bonchev–Trinajstić information content (AvgIpc) is 2.79. The second kappa shape index (κ2) is 11.3. The number of carbonyl (C=O) groups excluding carboxylic acids is 1. The van der Waals surface area contributed by atoms with Gasteiger partial charge in [0.05, 0.1) is 6.61 Å². The third kappa shape index (κ3) is 6.66. The van der Waals surface area contributed by atoms with Crippen LogP contribution in [-0.4, -0.2) is 25.4 Å². The summed E-state index contributed by atoms with van der Waals surface area (Å²) >= 11 is 1.67. The predicted octanol–water partition coefficient (Wildman–Crippen LogP) is 6.95. The molecule has 0 unspecified atom stereocenters. The molecule has 3 rings (SSSR count). The molecule has 0 aliphatic rings. The molecule has 4 nitrogen and oxygen atoms in total. The van der Waals surface area contributed by atoms with Gasteiger partial charge < -0.3 is 10.1 Å². The summed E-state index contributed by atoms with van der Waals surface area (Å²) in [7, 11) is 0. The van der Waals surface area contributed by atoms with E-state index in [-0.39, 0.29) is 6.03 Å². The largest absolute Gasteiger partial charge is 0.494 e. The van der Waals surface area contributed by atoms with Crippen LogP contribution in [0.1, 0.15) is 19.4 Å². The van der Waals surface area contributed by atoms with Crippen LogP contribution in [0.15, 0.2) is 89.3 Å². The third-order valence-electron chi connectivity index (χ3n) is 4.67. The lowest BCUT2D eigenvalue weighted by atomic mass is 10.1. The van der Waals surface area contributed by atoms with Gasteiger partial charge in [-0.15, -0.1) is 11.8 Å². The number of rotatable bonds is 8. The van der Waals surface area contributed by atoms with E-state index in [0.29, 0.717) is 13.2 Å². The van der Waals surface area contributed by atoms with Crippen molar-refractivity contribution < 1.29 is 9.53 Å².